The van der Waals surface area contributed by atoms with Crippen molar-refractivity contribution in [3.63, 3.8) is 0 Å². The quantitative estimate of drug-likeness (QED) is 0.486. The van der Waals surface area contributed by atoms with E-state index in [9.17, 15) is 14.4 Å². The molecule has 0 bridgehead atoms. The number of ketones is 1. The first-order valence-corrected chi connectivity index (χ1v) is 10.9. The van der Waals surface area contributed by atoms with Crippen LogP contribution in [0.5, 0.6) is 5.75 Å². The van der Waals surface area contributed by atoms with Gasteiger partial charge in [-0.25, -0.2) is 0 Å². The summed E-state index contributed by atoms with van der Waals surface area (Å²) in [7, 11) is 0. The van der Waals surface area contributed by atoms with Crippen LogP contribution in [-0.4, -0.2) is 46.8 Å². The normalized spacial score (nSPS) is 10.7. The average molecular weight is 436 g/mol. The summed E-state index contributed by atoms with van der Waals surface area (Å²) in [6.45, 7) is 7.27. The van der Waals surface area contributed by atoms with Crippen LogP contribution in [0.1, 0.15) is 37.6 Å². The molecule has 0 radical (unpaired) electrons. The van der Waals surface area contributed by atoms with Crippen LogP contribution in [0.15, 0.2) is 54.7 Å². The van der Waals surface area contributed by atoms with Crippen LogP contribution in [0.3, 0.4) is 0 Å². The third-order valence-electron chi connectivity index (χ3n) is 5.34. The zero-order valence-corrected chi connectivity index (χ0v) is 18.8. The maximum Gasteiger partial charge on any atom is 0.262 e. The standard InChI is InChI=1S/C25H29N3O4/c1-4-23(29)18-7-10-21(11-8-18)32-17-24(30)26-20-9-12-22-19(15-20)13-14-28(22)16-25(31)27(5-2)6-3/h7-15H,4-6,16-17H2,1-3H3,(H,26,30). The van der Waals surface area contributed by atoms with Gasteiger partial charge in [0.1, 0.15) is 12.3 Å². The van der Waals surface area contributed by atoms with Crippen molar-refractivity contribution < 1.29 is 19.1 Å². The predicted molar refractivity (Wildman–Crippen MR) is 125 cm³/mol. The highest BCUT2D eigenvalue weighted by atomic mass is 16.5. The second kappa shape index (κ2) is 10.6. The van der Waals surface area contributed by atoms with E-state index in [0.29, 0.717) is 36.5 Å². The third-order valence-corrected chi connectivity index (χ3v) is 5.34. The van der Waals surface area contributed by atoms with Crippen LogP contribution >= 0.6 is 0 Å². The first-order valence-electron chi connectivity index (χ1n) is 10.9. The van der Waals surface area contributed by atoms with E-state index in [1.54, 1.807) is 29.2 Å². The molecule has 0 aliphatic rings. The summed E-state index contributed by atoms with van der Waals surface area (Å²) >= 11 is 0. The van der Waals surface area contributed by atoms with Gasteiger partial charge in [0.05, 0.1) is 0 Å². The number of carbonyl (C=O) groups is 3. The largest absolute Gasteiger partial charge is 0.484 e. The topological polar surface area (TPSA) is 80.6 Å². The lowest BCUT2D eigenvalue weighted by molar-refractivity contribution is -0.131. The van der Waals surface area contributed by atoms with E-state index in [-0.39, 0.29) is 30.7 Å². The second-order valence-electron chi connectivity index (χ2n) is 7.42. The molecule has 2 amide bonds. The smallest absolute Gasteiger partial charge is 0.262 e. The molecule has 0 spiro atoms. The summed E-state index contributed by atoms with van der Waals surface area (Å²) in [6.07, 6.45) is 2.33. The Labute approximate surface area is 188 Å². The fourth-order valence-corrected chi connectivity index (χ4v) is 3.52. The molecule has 7 nitrogen and oxygen atoms in total. The lowest BCUT2D eigenvalue weighted by Crippen LogP contribution is -2.33. The zero-order valence-electron chi connectivity index (χ0n) is 18.8. The molecule has 1 aromatic heterocycles. The van der Waals surface area contributed by atoms with Gasteiger partial charge in [-0.1, -0.05) is 6.92 Å². The molecule has 32 heavy (non-hydrogen) atoms. The SMILES string of the molecule is CCC(=O)c1ccc(OCC(=O)Nc2ccc3c(ccn3CC(=O)N(CC)CC)c2)cc1. The van der Waals surface area contributed by atoms with E-state index in [2.05, 4.69) is 5.32 Å². The molecule has 0 aliphatic carbocycles. The van der Waals surface area contributed by atoms with Gasteiger partial charge in [0.15, 0.2) is 12.4 Å². The fraction of sp³-hybridized carbons (Fsp3) is 0.320. The van der Waals surface area contributed by atoms with E-state index in [1.165, 1.54) is 0 Å². The number of anilines is 1. The lowest BCUT2D eigenvalue weighted by Gasteiger charge is -2.19. The van der Waals surface area contributed by atoms with E-state index < -0.39 is 0 Å². The number of hydrogen-bond donors (Lipinski definition) is 1. The first kappa shape index (κ1) is 23.1. The molecule has 1 N–H and O–H groups in total. The maximum atomic E-state index is 12.4. The number of fused-ring (bicyclic) bond motifs is 1. The Morgan fingerprint density at radius 2 is 1.69 bits per heavy atom. The van der Waals surface area contributed by atoms with Gasteiger partial charge in [0.2, 0.25) is 5.91 Å². The molecule has 0 unspecified atom stereocenters. The molecule has 0 atom stereocenters. The molecule has 0 saturated carbocycles. The summed E-state index contributed by atoms with van der Waals surface area (Å²) in [5.41, 5.74) is 2.22. The molecule has 3 rings (SSSR count). The highest BCUT2D eigenvalue weighted by Gasteiger charge is 2.12. The van der Waals surface area contributed by atoms with Crippen molar-refractivity contribution in [1.29, 1.82) is 0 Å². The Balaban J connectivity index is 1.58. The Bertz CT molecular complexity index is 1100. The number of ether oxygens (including phenoxy) is 1. The van der Waals surface area contributed by atoms with Gasteiger partial charge in [0.25, 0.3) is 5.91 Å². The first-order chi connectivity index (χ1) is 15.4. The van der Waals surface area contributed by atoms with Gasteiger partial charge in [-0.15, -0.1) is 0 Å². The minimum Gasteiger partial charge on any atom is -0.484 e. The van der Waals surface area contributed by atoms with Crippen LogP contribution in [0, 0.1) is 0 Å². The number of amides is 2. The average Bonchev–Trinajstić information content (AvgIpc) is 3.20. The highest BCUT2D eigenvalue weighted by molar-refractivity contribution is 5.96. The number of benzene rings is 2. The van der Waals surface area contributed by atoms with Gasteiger partial charge < -0.3 is 19.5 Å². The summed E-state index contributed by atoms with van der Waals surface area (Å²) in [4.78, 5) is 38.2. The van der Waals surface area contributed by atoms with Crippen molar-refractivity contribution in [3.05, 3.63) is 60.3 Å². The molecule has 7 heteroatoms. The molecular formula is C25H29N3O4. The molecule has 2 aromatic carbocycles. The van der Waals surface area contributed by atoms with Crippen LogP contribution in [-0.2, 0) is 16.1 Å². The van der Waals surface area contributed by atoms with Crippen molar-refractivity contribution in [3.8, 4) is 5.75 Å². The molecule has 3 aromatic rings. The van der Waals surface area contributed by atoms with E-state index in [1.807, 2.05) is 55.8 Å². The minimum absolute atomic E-state index is 0.0657. The predicted octanol–water partition coefficient (Wildman–Crippen LogP) is 4.12. The number of carbonyl (C=O) groups excluding carboxylic acids is 3. The summed E-state index contributed by atoms with van der Waals surface area (Å²) in [5.74, 6) is 0.387. The summed E-state index contributed by atoms with van der Waals surface area (Å²) < 4.78 is 7.43. The highest BCUT2D eigenvalue weighted by Crippen LogP contribution is 2.21. The van der Waals surface area contributed by atoms with Crippen molar-refractivity contribution in [1.82, 2.24) is 9.47 Å². The molecule has 0 aliphatic heterocycles. The fourth-order valence-electron chi connectivity index (χ4n) is 3.52. The maximum absolute atomic E-state index is 12.4. The summed E-state index contributed by atoms with van der Waals surface area (Å²) in [6, 6.07) is 14.3. The number of rotatable bonds is 10. The third kappa shape index (κ3) is 5.55. The second-order valence-corrected chi connectivity index (χ2v) is 7.42. The van der Waals surface area contributed by atoms with Gasteiger partial charge in [-0.05, 0) is 62.4 Å². The van der Waals surface area contributed by atoms with Crippen molar-refractivity contribution in [2.75, 3.05) is 25.0 Å². The Hall–Kier alpha value is -3.61. The molecule has 1 heterocycles. The molecule has 0 saturated heterocycles. The van der Waals surface area contributed by atoms with Crippen molar-refractivity contribution in [2.24, 2.45) is 0 Å². The Kier molecular flexibility index (Phi) is 7.65. The zero-order chi connectivity index (χ0) is 23.1. The van der Waals surface area contributed by atoms with E-state index in [0.717, 1.165) is 10.9 Å². The van der Waals surface area contributed by atoms with E-state index in [4.69, 9.17) is 4.74 Å². The van der Waals surface area contributed by atoms with Crippen molar-refractivity contribution in [2.45, 2.75) is 33.7 Å². The van der Waals surface area contributed by atoms with Crippen LogP contribution in [0.4, 0.5) is 5.69 Å². The van der Waals surface area contributed by atoms with Gasteiger partial charge in [-0.3, -0.25) is 14.4 Å². The molecule has 0 fully saturated rings. The number of nitrogens with one attached hydrogen (secondary N) is 1. The van der Waals surface area contributed by atoms with Crippen LogP contribution < -0.4 is 10.1 Å². The van der Waals surface area contributed by atoms with Crippen molar-refractivity contribution >= 4 is 34.2 Å². The van der Waals surface area contributed by atoms with Crippen LogP contribution in [0.25, 0.3) is 10.9 Å². The number of aromatic nitrogens is 1. The minimum atomic E-state index is -0.283. The summed E-state index contributed by atoms with van der Waals surface area (Å²) in [5, 5.41) is 3.76. The molecule has 168 valence electrons. The van der Waals surface area contributed by atoms with Gasteiger partial charge in [-0.2, -0.15) is 0 Å². The van der Waals surface area contributed by atoms with Crippen LogP contribution in [0.2, 0.25) is 0 Å². The molecular weight excluding hydrogens is 406 g/mol. The number of hydrogen-bond acceptors (Lipinski definition) is 4. The monoisotopic (exact) mass is 435 g/mol. The lowest BCUT2D eigenvalue weighted by atomic mass is 10.1. The Morgan fingerprint density at radius 3 is 2.34 bits per heavy atom. The number of nitrogens with zero attached hydrogens (tertiary/aromatic N) is 2. The number of likely N-dealkylation sites (N-methyl/N-ethyl adjacent to an activating group) is 1. The van der Waals surface area contributed by atoms with Gasteiger partial charge >= 0.3 is 0 Å². The van der Waals surface area contributed by atoms with Gasteiger partial charge in [0, 0.05) is 47.9 Å². The van der Waals surface area contributed by atoms with E-state index >= 15 is 0 Å². The Morgan fingerprint density at radius 1 is 0.969 bits per heavy atom. The number of Topliss-reactive ketones (excluding diaryl/α,β-unsaturated/α-hetero) is 1.